The molecule has 2 aromatic rings. The quantitative estimate of drug-likeness (QED) is 0.843. The van der Waals surface area contributed by atoms with Crippen molar-refractivity contribution in [2.75, 3.05) is 0 Å². The fourth-order valence-electron chi connectivity index (χ4n) is 1.68. The summed E-state index contributed by atoms with van der Waals surface area (Å²) in [7, 11) is 0. The van der Waals surface area contributed by atoms with E-state index in [1.54, 1.807) is 37.3 Å². The lowest BCUT2D eigenvalue weighted by Gasteiger charge is -2.11. The smallest absolute Gasteiger partial charge is 0.138 e. The zero-order valence-corrected chi connectivity index (χ0v) is 13.1. The van der Waals surface area contributed by atoms with E-state index in [0.717, 1.165) is 11.1 Å². The van der Waals surface area contributed by atoms with Gasteiger partial charge in [-0.05, 0) is 58.2 Å². The lowest BCUT2D eigenvalue weighted by atomic mass is 10.1. The van der Waals surface area contributed by atoms with Crippen LogP contribution in [0.5, 0.6) is 5.75 Å². The van der Waals surface area contributed by atoms with Crippen LogP contribution in [-0.2, 0) is 6.61 Å². The van der Waals surface area contributed by atoms with E-state index in [4.69, 9.17) is 16.3 Å². The van der Waals surface area contributed by atoms with Gasteiger partial charge in [0.25, 0.3) is 0 Å². The van der Waals surface area contributed by atoms with Gasteiger partial charge in [-0.1, -0.05) is 23.7 Å². The van der Waals surface area contributed by atoms with Crippen molar-refractivity contribution in [2.24, 2.45) is 0 Å². The maximum absolute atomic E-state index is 13.1. The lowest BCUT2D eigenvalue weighted by molar-refractivity contribution is 0.199. The van der Waals surface area contributed by atoms with Gasteiger partial charge in [0, 0.05) is 0 Å². The molecule has 0 saturated carbocycles. The van der Waals surface area contributed by atoms with Crippen molar-refractivity contribution < 1.29 is 14.2 Å². The molecule has 1 N–H and O–H groups in total. The standard InChI is InChI=1S/C15H13BrClFO2/c1-9(19)11-3-5-15(13(17)7-11)20-8-10-2-4-14(18)12(16)6-10/h2-7,9,19H,8H2,1H3. The number of ether oxygens (including phenoxy) is 1. The monoisotopic (exact) mass is 358 g/mol. The van der Waals surface area contributed by atoms with Crippen LogP contribution in [0.25, 0.3) is 0 Å². The number of hydrogen-bond acceptors (Lipinski definition) is 2. The van der Waals surface area contributed by atoms with Crippen molar-refractivity contribution in [3.05, 3.63) is 62.8 Å². The molecule has 1 unspecified atom stereocenters. The van der Waals surface area contributed by atoms with Crippen molar-refractivity contribution in [3.8, 4) is 5.75 Å². The topological polar surface area (TPSA) is 29.5 Å². The fourth-order valence-corrected chi connectivity index (χ4v) is 2.35. The molecule has 0 aliphatic heterocycles. The Morgan fingerprint density at radius 3 is 2.65 bits per heavy atom. The second kappa shape index (κ2) is 6.57. The van der Waals surface area contributed by atoms with E-state index in [2.05, 4.69) is 15.9 Å². The van der Waals surface area contributed by atoms with E-state index in [9.17, 15) is 9.50 Å². The van der Waals surface area contributed by atoms with Gasteiger partial charge in [-0.15, -0.1) is 0 Å². The third kappa shape index (κ3) is 3.72. The summed E-state index contributed by atoms with van der Waals surface area (Å²) in [4.78, 5) is 0. The lowest BCUT2D eigenvalue weighted by Crippen LogP contribution is -1.98. The minimum atomic E-state index is -0.574. The maximum Gasteiger partial charge on any atom is 0.138 e. The molecule has 2 aromatic carbocycles. The Kier molecular flexibility index (Phi) is 5.02. The van der Waals surface area contributed by atoms with E-state index in [1.165, 1.54) is 6.07 Å². The molecule has 0 spiro atoms. The second-order valence-electron chi connectivity index (χ2n) is 4.40. The molecular formula is C15H13BrClFO2. The van der Waals surface area contributed by atoms with Crippen LogP contribution in [0.15, 0.2) is 40.9 Å². The molecule has 0 aromatic heterocycles. The molecule has 0 bridgehead atoms. The summed E-state index contributed by atoms with van der Waals surface area (Å²) in [6.07, 6.45) is -0.574. The SMILES string of the molecule is CC(O)c1ccc(OCc2ccc(F)c(Br)c2)c(Cl)c1. The molecule has 1 atom stereocenters. The minimum absolute atomic E-state index is 0.284. The van der Waals surface area contributed by atoms with Gasteiger partial charge in [-0.3, -0.25) is 0 Å². The number of aliphatic hydroxyl groups is 1. The highest BCUT2D eigenvalue weighted by atomic mass is 79.9. The molecule has 0 aliphatic carbocycles. The van der Waals surface area contributed by atoms with Gasteiger partial charge in [-0.2, -0.15) is 0 Å². The minimum Gasteiger partial charge on any atom is -0.487 e. The van der Waals surface area contributed by atoms with Gasteiger partial charge in [0.15, 0.2) is 0 Å². The Balaban J connectivity index is 2.09. The van der Waals surface area contributed by atoms with Gasteiger partial charge in [0.1, 0.15) is 18.2 Å². The van der Waals surface area contributed by atoms with E-state index >= 15 is 0 Å². The first-order chi connectivity index (χ1) is 9.47. The summed E-state index contributed by atoms with van der Waals surface area (Å²) in [5.41, 5.74) is 1.56. The normalized spacial score (nSPS) is 12.2. The Bertz CT molecular complexity index is 617. The summed E-state index contributed by atoms with van der Waals surface area (Å²) in [6.45, 7) is 1.95. The molecule has 2 rings (SSSR count). The maximum atomic E-state index is 13.1. The number of halogens is 3. The van der Waals surface area contributed by atoms with Crippen LogP contribution < -0.4 is 4.74 Å². The van der Waals surface area contributed by atoms with Gasteiger partial charge < -0.3 is 9.84 Å². The summed E-state index contributed by atoms with van der Waals surface area (Å²) in [6, 6.07) is 9.82. The molecule has 0 fully saturated rings. The van der Waals surface area contributed by atoms with Crippen molar-refractivity contribution in [1.29, 1.82) is 0 Å². The highest BCUT2D eigenvalue weighted by Gasteiger charge is 2.07. The zero-order valence-electron chi connectivity index (χ0n) is 10.7. The average molecular weight is 360 g/mol. The van der Waals surface area contributed by atoms with Crippen molar-refractivity contribution >= 4 is 27.5 Å². The first-order valence-electron chi connectivity index (χ1n) is 6.01. The fraction of sp³-hybridized carbons (Fsp3) is 0.200. The van der Waals surface area contributed by atoms with Crippen LogP contribution >= 0.6 is 27.5 Å². The van der Waals surface area contributed by atoms with Crippen LogP contribution in [0.2, 0.25) is 5.02 Å². The number of hydrogen-bond donors (Lipinski definition) is 1. The average Bonchev–Trinajstić information content (AvgIpc) is 2.41. The van der Waals surface area contributed by atoms with Crippen molar-refractivity contribution in [1.82, 2.24) is 0 Å². The summed E-state index contributed by atoms with van der Waals surface area (Å²) in [5.74, 6) is 0.213. The van der Waals surface area contributed by atoms with Crippen LogP contribution in [0.1, 0.15) is 24.2 Å². The second-order valence-corrected chi connectivity index (χ2v) is 5.66. The van der Waals surface area contributed by atoms with E-state index in [1.807, 2.05) is 0 Å². The molecule has 5 heteroatoms. The van der Waals surface area contributed by atoms with Gasteiger partial charge in [0.05, 0.1) is 15.6 Å². The molecule has 0 saturated heterocycles. The van der Waals surface area contributed by atoms with Crippen LogP contribution in [0.3, 0.4) is 0 Å². The molecule has 0 heterocycles. The summed E-state index contributed by atoms with van der Waals surface area (Å²) in [5, 5.41) is 9.90. The third-order valence-electron chi connectivity index (χ3n) is 2.82. The Labute approximate surface area is 130 Å². The number of rotatable bonds is 4. The molecule has 20 heavy (non-hydrogen) atoms. The van der Waals surface area contributed by atoms with E-state index in [0.29, 0.717) is 15.2 Å². The van der Waals surface area contributed by atoms with Crippen LogP contribution in [-0.4, -0.2) is 5.11 Å². The third-order valence-corrected chi connectivity index (χ3v) is 3.72. The molecule has 0 radical (unpaired) electrons. The summed E-state index contributed by atoms with van der Waals surface area (Å²) >= 11 is 9.22. The number of aliphatic hydroxyl groups excluding tert-OH is 1. The molecule has 0 amide bonds. The Morgan fingerprint density at radius 2 is 2.05 bits per heavy atom. The Morgan fingerprint density at radius 1 is 1.30 bits per heavy atom. The van der Waals surface area contributed by atoms with Crippen molar-refractivity contribution in [2.45, 2.75) is 19.6 Å². The predicted octanol–water partition coefficient (Wildman–Crippen LogP) is 4.87. The van der Waals surface area contributed by atoms with E-state index in [-0.39, 0.29) is 12.4 Å². The summed E-state index contributed by atoms with van der Waals surface area (Å²) < 4.78 is 19.1. The molecule has 106 valence electrons. The van der Waals surface area contributed by atoms with E-state index < -0.39 is 6.10 Å². The first-order valence-corrected chi connectivity index (χ1v) is 7.18. The molecular weight excluding hydrogens is 347 g/mol. The highest BCUT2D eigenvalue weighted by molar-refractivity contribution is 9.10. The highest BCUT2D eigenvalue weighted by Crippen LogP contribution is 2.28. The van der Waals surface area contributed by atoms with Crippen LogP contribution in [0.4, 0.5) is 4.39 Å². The van der Waals surface area contributed by atoms with Crippen molar-refractivity contribution in [3.63, 3.8) is 0 Å². The predicted molar refractivity (Wildman–Crippen MR) is 80.5 cm³/mol. The molecule has 2 nitrogen and oxygen atoms in total. The van der Waals surface area contributed by atoms with Gasteiger partial charge >= 0.3 is 0 Å². The van der Waals surface area contributed by atoms with Gasteiger partial charge in [-0.25, -0.2) is 4.39 Å². The Hall–Kier alpha value is -1.10. The molecule has 0 aliphatic rings. The zero-order chi connectivity index (χ0) is 14.7. The number of benzene rings is 2. The van der Waals surface area contributed by atoms with Crippen LogP contribution in [0, 0.1) is 5.82 Å². The van der Waals surface area contributed by atoms with Gasteiger partial charge in [0.2, 0.25) is 0 Å². The largest absolute Gasteiger partial charge is 0.487 e. The first kappa shape index (κ1) is 15.3.